The van der Waals surface area contributed by atoms with Crippen LogP contribution in [0.3, 0.4) is 0 Å². The monoisotopic (exact) mass is 305 g/mol. The molecule has 1 atom stereocenters. The van der Waals surface area contributed by atoms with Crippen molar-refractivity contribution in [3.05, 3.63) is 53.3 Å². The van der Waals surface area contributed by atoms with Crippen LogP contribution in [-0.4, -0.2) is 24.1 Å². The Labute approximate surface area is 125 Å². The summed E-state index contributed by atoms with van der Waals surface area (Å²) in [5.41, 5.74) is 2.93. The number of fused-ring (bicyclic) bond motifs is 1. The number of aliphatic hydroxyl groups excluding tert-OH is 1. The molecule has 1 aliphatic carbocycles. The molecule has 21 heavy (non-hydrogen) atoms. The van der Waals surface area contributed by atoms with Gasteiger partial charge in [0.1, 0.15) is 0 Å². The third-order valence-electron chi connectivity index (χ3n) is 4.19. The van der Waals surface area contributed by atoms with Crippen LogP contribution in [-0.2, 0) is 22.9 Å². The molecular weight excluding hydrogens is 286 g/mol. The molecule has 0 fully saturated rings. The van der Waals surface area contributed by atoms with Gasteiger partial charge in [0, 0.05) is 18.5 Å². The predicted octanol–water partition coefficient (Wildman–Crippen LogP) is 2.13. The Morgan fingerprint density at radius 2 is 1.95 bits per heavy atom. The number of aliphatic hydroxyl groups is 1. The van der Waals surface area contributed by atoms with Gasteiger partial charge in [0.25, 0.3) is 10.0 Å². The number of hydrogen-bond donors (Lipinski definition) is 1. The molecule has 1 heterocycles. The van der Waals surface area contributed by atoms with Crippen LogP contribution in [0.15, 0.2) is 41.4 Å². The smallest absolute Gasteiger partial charge is 0.267 e. The number of hydrogen-bond acceptors (Lipinski definition) is 3. The van der Waals surface area contributed by atoms with Gasteiger partial charge in [-0.1, -0.05) is 17.7 Å². The zero-order valence-corrected chi connectivity index (χ0v) is 12.8. The predicted molar refractivity (Wildman–Crippen MR) is 80.8 cm³/mol. The van der Waals surface area contributed by atoms with Gasteiger partial charge < -0.3 is 5.11 Å². The second-order valence-electron chi connectivity index (χ2n) is 5.69. The van der Waals surface area contributed by atoms with E-state index in [1.54, 1.807) is 30.5 Å². The van der Waals surface area contributed by atoms with Crippen molar-refractivity contribution in [3.63, 3.8) is 0 Å². The van der Waals surface area contributed by atoms with Gasteiger partial charge in [-0.15, -0.1) is 0 Å². The third kappa shape index (κ3) is 2.51. The number of rotatable bonds is 3. The van der Waals surface area contributed by atoms with Crippen molar-refractivity contribution in [2.45, 2.75) is 31.1 Å². The first kappa shape index (κ1) is 14.4. The van der Waals surface area contributed by atoms with Gasteiger partial charge in [-0.3, -0.25) is 0 Å². The number of nitrogens with zero attached hydrogens (tertiary/aromatic N) is 1. The average Bonchev–Trinajstić information content (AvgIpc) is 2.91. The number of benzene rings is 1. The average molecular weight is 305 g/mol. The second-order valence-corrected chi connectivity index (χ2v) is 7.51. The Morgan fingerprint density at radius 3 is 2.62 bits per heavy atom. The first-order valence-corrected chi connectivity index (χ1v) is 8.58. The summed E-state index contributed by atoms with van der Waals surface area (Å²) in [6.45, 7) is 2.04. The number of aryl methyl sites for hydroxylation is 2. The summed E-state index contributed by atoms with van der Waals surface area (Å²) in [4.78, 5) is 0.303. The molecule has 2 aromatic rings. The summed E-state index contributed by atoms with van der Waals surface area (Å²) in [5, 5.41) is 9.34. The maximum absolute atomic E-state index is 12.8. The molecule has 0 saturated carbocycles. The lowest BCUT2D eigenvalue weighted by Gasteiger charge is -2.22. The minimum absolute atomic E-state index is 0.106. The summed E-state index contributed by atoms with van der Waals surface area (Å²) in [6, 6.07) is 8.78. The molecule has 1 unspecified atom stereocenters. The highest BCUT2D eigenvalue weighted by Gasteiger charge is 2.26. The van der Waals surface area contributed by atoms with E-state index in [2.05, 4.69) is 0 Å². The second kappa shape index (κ2) is 5.31. The van der Waals surface area contributed by atoms with E-state index in [1.165, 1.54) is 3.97 Å². The Kier molecular flexibility index (Phi) is 3.63. The summed E-state index contributed by atoms with van der Waals surface area (Å²) < 4.78 is 26.9. The molecule has 4 nitrogen and oxygen atoms in total. The molecule has 0 radical (unpaired) electrons. The molecule has 5 heteroatoms. The van der Waals surface area contributed by atoms with E-state index in [9.17, 15) is 13.5 Å². The zero-order valence-electron chi connectivity index (χ0n) is 12.0. The van der Waals surface area contributed by atoms with Gasteiger partial charge in [0.15, 0.2) is 0 Å². The number of aromatic nitrogens is 1. The van der Waals surface area contributed by atoms with Gasteiger partial charge in [-0.25, -0.2) is 12.4 Å². The lowest BCUT2D eigenvalue weighted by atomic mass is 9.89. The Bertz CT molecular complexity index is 744. The van der Waals surface area contributed by atoms with Crippen LogP contribution in [0.1, 0.15) is 23.2 Å². The van der Waals surface area contributed by atoms with Crippen molar-refractivity contribution in [2.75, 3.05) is 6.61 Å². The van der Waals surface area contributed by atoms with Crippen LogP contribution >= 0.6 is 0 Å². The molecule has 1 aromatic carbocycles. The zero-order chi connectivity index (χ0) is 15.0. The van der Waals surface area contributed by atoms with Gasteiger partial charge >= 0.3 is 0 Å². The van der Waals surface area contributed by atoms with E-state index in [1.807, 2.05) is 13.0 Å². The Morgan fingerprint density at radius 1 is 1.24 bits per heavy atom. The van der Waals surface area contributed by atoms with Crippen LogP contribution in [0, 0.1) is 12.8 Å². The molecule has 0 amide bonds. The van der Waals surface area contributed by atoms with Crippen molar-refractivity contribution in [2.24, 2.45) is 5.92 Å². The maximum Gasteiger partial charge on any atom is 0.267 e. The van der Waals surface area contributed by atoms with Crippen LogP contribution < -0.4 is 0 Å². The quantitative estimate of drug-likeness (QED) is 0.945. The third-order valence-corrected chi connectivity index (χ3v) is 5.92. The first-order valence-electron chi connectivity index (χ1n) is 7.14. The molecule has 0 bridgehead atoms. The molecule has 0 aliphatic heterocycles. The minimum Gasteiger partial charge on any atom is -0.396 e. The van der Waals surface area contributed by atoms with E-state index in [0.717, 1.165) is 29.7 Å². The fraction of sp³-hybridized carbons (Fsp3) is 0.375. The van der Waals surface area contributed by atoms with Gasteiger partial charge in [-0.05, 0) is 55.9 Å². The lowest BCUT2D eigenvalue weighted by Crippen LogP contribution is -2.22. The van der Waals surface area contributed by atoms with E-state index >= 15 is 0 Å². The lowest BCUT2D eigenvalue weighted by molar-refractivity contribution is 0.212. The fourth-order valence-corrected chi connectivity index (χ4v) is 4.28. The molecule has 0 saturated heterocycles. The van der Waals surface area contributed by atoms with Gasteiger partial charge in [-0.2, -0.15) is 0 Å². The molecule has 1 aromatic heterocycles. The van der Waals surface area contributed by atoms with Crippen molar-refractivity contribution >= 4 is 10.0 Å². The van der Waals surface area contributed by atoms with Gasteiger partial charge in [0.2, 0.25) is 0 Å². The molecule has 112 valence electrons. The van der Waals surface area contributed by atoms with Crippen molar-refractivity contribution < 1.29 is 13.5 Å². The molecule has 1 N–H and O–H groups in total. The standard InChI is InChI=1S/C16H19NO3S/c1-12-2-6-15(7-3-12)21(19,20)17-9-8-14-5-4-13(11-18)10-16(14)17/h2-3,6-9,13,18H,4-5,10-11H2,1H3. The summed E-state index contributed by atoms with van der Waals surface area (Å²) in [6.07, 6.45) is 4.00. The highest BCUT2D eigenvalue weighted by Crippen LogP contribution is 2.29. The van der Waals surface area contributed by atoms with E-state index < -0.39 is 10.0 Å². The minimum atomic E-state index is -3.55. The van der Waals surface area contributed by atoms with E-state index in [-0.39, 0.29) is 12.5 Å². The Hall–Kier alpha value is -1.59. The first-order chi connectivity index (χ1) is 10.0. The summed E-state index contributed by atoms with van der Waals surface area (Å²) in [5.74, 6) is 0.152. The van der Waals surface area contributed by atoms with Crippen LogP contribution in [0.2, 0.25) is 0 Å². The summed E-state index contributed by atoms with van der Waals surface area (Å²) >= 11 is 0. The van der Waals surface area contributed by atoms with Crippen molar-refractivity contribution in [1.29, 1.82) is 0 Å². The van der Waals surface area contributed by atoms with Crippen molar-refractivity contribution in [1.82, 2.24) is 3.97 Å². The van der Waals surface area contributed by atoms with Crippen LogP contribution in [0.5, 0.6) is 0 Å². The highest BCUT2D eigenvalue weighted by molar-refractivity contribution is 7.90. The maximum atomic E-state index is 12.8. The Balaban J connectivity index is 2.05. The van der Waals surface area contributed by atoms with Gasteiger partial charge in [0.05, 0.1) is 4.90 Å². The van der Waals surface area contributed by atoms with E-state index in [4.69, 9.17) is 0 Å². The topological polar surface area (TPSA) is 59.3 Å². The fourth-order valence-electron chi connectivity index (χ4n) is 2.87. The van der Waals surface area contributed by atoms with Crippen LogP contribution in [0.4, 0.5) is 0 Å². The summed E-state index contributed by atoms with van der Waals surface area (Å²) in [7, 11) is -3.55. The van der Waals surface area contributed by atoms with E-state index in [0.29, 0.717) is 11.3 Å². The molecular formula is C16H19NO3S. The van der Waals surface area contributed by atoms with Crippen LogP contribution in [0.25, 0.3) is 0 Å². The van der Waals surface area contributed by atoms with Crippen molar-refractivity contribution in [3.8, 4) is 0 Å². The molecule has 0 spiro atoms. The SMILES string of the molecule is Cc1ccc(S(=O)(=O)n2ccc3c2CC(CO)CC3)cc1. The normalized spacial score (nSPS) is 18.5. The highest BCUT2D eigenvalue weighted by atomic mass is 32.2. The molecule has 3 rings (SSSR count). The largest absolute Gasteiger partial charge is 0.396 e. The molecule has 1 aliphatic rings.